The molecule has 0 amide bonds. The number of rotatable bonds is 3. The van der Waals surface area contributed by atoms with Gasteiger partial charge in [0.15, 0.2) is 0 Å². The normalized spacial score (nSPS) is 20.3. The van der Waals surface area contributed by atoms with E-state index in [0.29, 0.717) is 5.69 Å². The Hall–Kier alpha value is -2.55. The molecule has 4 N–H and O–H groups in total. The fraction of sp³-hybridized carbons (Fsp3) is 0.312. The van der Waals surface area contributed by atoms with E-state index in [-0.39, 0.29) is 30.2 Å². The summed E-state index contributed by atoms with van der Waals surface area (Å²) in [5.41, 5.74) is 10.0. The summed E-state index contributed by atoms with van der Waals surface area (Å²) in [4.78, 5) is 4.30. The van der Waals surface area contributed by atoms with Crippen LogP contribution in [0.3, 0.4) is 0 Å². The van der Waals surface area contributed by atoms with Crippen molar-refractivity contribution in [3.63, 3.8) is 0 Å². The van der Waals surface area contributed by atoms with Crippen molar-refractivity contribution in [2.24, 2.45) is 10.7 Å². The highest BCUT2D eigenvalue weighted by atomic mass is 19.4. The van der Waals surface area contributed by atoms with Crippen LogP contribution in [-0.2, 0) is 23.0 Å². The summed E-state index contributed by atoms with van der Waals surface area (Å²) in [7, 11) is 1.39. The molecule has 25 heavy (non-hydrogen) atoms. The number of alkyl halides is 3. The molecule has 1 aromatic heterocycles. The SMILES string of the molecule is COCC1(c2cc(N)ccc2F)Cn2cc(C(F)(F)F)cc2C(N)=N1. The maximum atomic E-state index is 14.4. The van der Waals surface area contributed by atoms with Gasteiger partial charge in [0, 0.05) is 24.6 Å². The van der Waals surface area contributed by atoms with Crippen LogP contribution < -0.4 is 11.5 Å². The maximum absolute atomic E-state index is 14.4. The molecule has 2 heterocycles. The molecule has 0 saturated heterocycles. The quantitative estimate of drug-likeness (QED) is 0.655. The van der Waals surface area contributed by atoms with E-state index >= 15 is 0 Å². The Labute approximate surface area is 140 Å². The first kappa shape index (κ1) is 17.3. The van der Waals surface area contributed by atoms with E-state index < -0.39 is 23.1 Å². The number of benzene rings is 1. The third-order valence-electron chi connectivity index (χ3n) is 4.13. The van der Waals surface area contributed by atoms with Gasteiger partial charge in [-0.2, -0.15) is 13.2 Å². The third kappa shape index (κ3) is 2.95. The van der Waals surface area contributed by atoms with Crippen molar-refractivity contribution in [3.05, 3.63) is 53.1 Å². The van der Waals surface area contributed by atoms with E-state index in [0.717, 1.165) is 12.3 Å². The van der Waals surface area contributed by atoms with Crippen molar-refractivity contribution in [2.45, 2.75) is 18.3 Å². The van der Waals surface area contributed by atoms with Gasteiger partial charge in [-0.15, -0.1) is 0 Å². The highest BCUT2D eigenvalue weighted by Gasteiger charge is 2.41. The summed E-state index contributed by atoms with van der Waals surface area (Å²) < 4.78 is 59.8. The van der Waals surface area contributed by atoms with Crippen molar-refractivity contribution in [1.82, 2.24) is 4.57 Å². The molecule has 0 aliphatic carbocycles. The molecular formula is C16H16F4N4O. The number of amidine groups is 1. The molecule has 2 aromatic rings. The van der Waals surface area contributed by atoms with Crippen molar-refractivity contribution in [1.29, 1.82) is 0 Å². The average molecular weight is 356 g/mol. The number of hydrogen-bond donors (Lipinski definition) is 2. The molecule has 9 heteroatoms. The number of nitrogen functional groups attached to an aromatic ring is 1. The van der Waals surface area contributed by atoms with Crippen LogP contribution in [0.15, 0.2) is 35.5 Å². The summed E-state index contributed by atoms with van der Waals surface area (Å²) in [5, 5.41) is 0. The number of aromatic nitrogens is 1. The lowest BCUT2D eigenvalue weighted by Gasteiger charge is -2.35. The Morgan fingerprint density at radius 3 is 2.64 bits per heavy atom. The van der Waals surface area contributed by atoms with E-state index in [1.807, 2.05) is 0 Å². The second kappa shape index (κ2) is 5.76. The number of nitrogens with two attached hydrogens (primary N) is 2. The summed E-state index contributed by atoms with van der Waals surface area (Å²) >= 11 is 0. The lowest BCUT2D eigenvalue weighted by molar-refractivity contribution is -0.137. The van der Waals surface area contributed by atoms with Crippen LogP contribution >= 0.6 is 0 Å². The molecule has 1 unspecified atom stereocenters. The smallest absolute Gasteiger partial charge is 0.399 e. The van der Waals surface area contributed by atoms with Crippen molar-refractivity contribution in [3.8, 4) is 0 Å². The minimum atomic E-state index is -4.52. The van der Waals surface area contributed by atoms with Crippen molar-refractivity contribution >= 4 is 11.5 Å². The minimum absolute atomic E-state index is 0.0622. The molecule has 134 valence electrons. The fourth-order valence-corrected chi connectivity index (χ4v) is 3.06. The molecule has 0 radical (unpaired) electrons. The molecule has 1 aliphatic heterocycles. The van der Waals surface area contributed by atoms with Gasteiger partial charge in [-0.05, 0) is 24.3 Å². The Morgan fingerprint density at radius 1 is 1.28 bits per heavy atom. The number of methoxy groups -OCH3 is 1. The van der Waals surface area contributed by atoms with Crippen LogP contribution in [0.4, 0.5) is 23.2 Å². The van der Waals surface area contributed by atoms with Crippen LogP contribution in [0.2, 0.25) is 0 Å². The van der Waals surface area contributed by atoms with E-state index in [4.69, 9.17) is 16.2 Å². The first-order valence-corrected chi connectivity index (χ1v) is 7.34. The van der Waals surface area contributed by atoms with Gasteiger partial charge in [0.05, 0.1) is 24.4 Å². The van der Waals surface area contributed by atoms with Crippen LogP contribution in [-0.4, -0.2) is 24.1 Å². The average Bonchev–Trinajstić information content (AvgIpc) is 2.94. The van der Waals surface area contributed by atoms with Gasteiger partial charge < -0.3 is 20.8 Å². The molecule has 1 atom stereocenters. The van der Waals surface area contributed by atoms with E-state index in [2.05, 4.69) is 4.99 Å². The highest BCUT2D eigenvalue weighted by Crippen LogP contribution is 2.38. The second-order valence-electron chi connectivity index (χ2n) is 5.94. The number of nitrogens with zero attached hydrogens (tertiary/aromatic N) is 2. The van der Waals surface area contributed by atoms with E-state index in [9.17, 15) is 17.6 Å². The fourth-order valence-electron chi connectivity index (χ4n) is 3.06. The predicted molar refractivity (Wildman–Crippen MR) is 84.5 cm³/mol. The van der Waals surface area contributed by atoms with Gasteiger partial charge in [0.25, 0.3) is 0 Å². The minimum Gasteiger partial charge on any atom is -0.399 e. The third-order valence-corrected chi connectivity index (χ3v) is 4.13. The first-order chi connectivity index (χ1) is 11.7. The molecule has 0 saturated carbocycles. The van der Waals surface area contributed by atoms with E-state index in [1.165, 1.54) is 29.9 Å². The Bertz CT molecular complexity index is 843. The molecule has 0 bridgehead atoms. The zero-order valence-corrected chi connectivity index (χ0v) is 13.3. The van der Waals surface area contributed by atoms with Crippen molar-refractivity contribution in [2.75, 3.05) is 19.5 Å². The molecule has 1 aliphatic rings. The van der Waals surface area contributed by atoms with Gasteiger partial charge in [-0.3, -0.25) is 4.99 Å². The number of hydrogen-bond acceptors (Lipinski definition) is 4. The molecule has 5 nitrogen and oxygen atoms in total. The van der Waals surface area contributed by atoms with Gasteiger partial charge in [-0.25, -0.2) is 4.39 Å². The van der Waals surface area contributed by atoms with Crippen LogP contribution in [0.1, 0.15) is 16.8 Å². The number of ether oxygens (including phenoxy) is 1. The zero-order chi connectivity index (χ0) is 18.4. The second-order valence-corrected chi connectivity index (χ2v) is 5.94. The summed E-state index contributed by atoms with van der Waals surface area (Å²) in [6.07, 6.45) is -3.58. The summed E-state index contributed by atoms with van der Waals surface area (Å²) in [6, 6.07) is 4.88. The number of fused-ring (bicyclic) bond motifs is 1. The monoisotopic (exact) mass is 356 g/mol. The molecule has 0 spiro atoms. The van der Waals surface area contributed by atoms with Crippen LogP contribution in [0.25, 0.3) is 0 Å². The highest BCUT2D eigenvalue weighted by molar-refractivity contribution is 5.97. The largest absolute Gasteiger partial charge is 0.417 e. The topological polar surface area (TPSA) is 78.6 Å². The number of halogens is 4. The number of aliphatic imine (C=N–C) groups is 1. The maximum Gasteiger partial charge on any atom is 0.417 e. The summed E-state index contributed by atoms with van der Waals surface area (Å²) in [5.74, 6) is -0.713. The molecular weight excluding hydrogens is 340 g/mol. The van der Waals surface area contributed by atoms with Crippen LogP contribution in [0, 0.1) is 5.82 Å². The van der Waals surface area contributed by atoms with Gasteiger partial charge in [0.1, 0.15) is 17.2 Å². The predicted octanol–water partition coefficient (Wildman–Crippen LogP) is 2.49. The lowest BCUT2D eigenvalue weighted by Crippen LogP contribution is -2.42. The molecule has 1 aromatic carbocycles. The van der Waals surface area contributed by atoms with E-state index in [1.54, 1.807) is 0 Å². The van der Waals surface area contributed by atoms with Crippen molar-refractivity contribution < 1.29 is 22.3 Å². The molecule has 3 rings (SSSR count). The standard InChI is InChI=1S/C16H16F4N4O/c1-25-8-15(11-5-10(21)2-3-12(11)17)7-24-6-9(16(18,19)20)4-13(24)14(22)23-15/h2-6H,7-8,21H2,1H3,(H2,22,23). The molecule has 0 fully saturated rings. The Kier molecular flexibility index (Phi) is 3.98. The summed E-state index contributed by atoms with van der Waals surface area (Å²) in [6.45, 7) is -0.139. The van der Waals surface area contributed by atoms with Gasteiger partial charge >= 0.3 is 6.18 Å². The lowest BCUT2D eigenvalue weighted by atomic mass is 9.88. The van der Waals surface area contributed by atoms with Crippen LogP contribution in [0.5, 0.6) is 0 Å². The first-order valence-electron chi connectivity index (χ1n) is 7.34. The number of anilines is 1. The van der Waals surface area contributed by atoms with Gasteiger partial charge in [0.2, 0.25) is 0 Å². The Balaban J connectivity index is 2.15. The Morgan fingerprint density at radius 2 is 2.00 bits per heavy atom. The zero-order valence-electron chi connectivity index (χ0n) is 13.3. The van der Waals surface area contributed by atoms with Gasteiger partial charge in [-0.1, -0.05) is 0 Å².